The first kappa shape index (κ1) is 21.5. The second-order valence-electron chi connectivity index (χ2n) is 6.76. The number of rotatable bonds is 9. The van der Waals surface area contributed by atoms with Gasteiger partial charge in [-0.1, -0.05) is 49.4 Å². The monoisotopic (exact) mass is 426 g/mol. The Hall–Kier alpha value is -2.18. The standard InChI is InChI=1S/C23H26N2O2S2/c1-2-3-14-28-15-6-13-24-22(26)18-11-9-17(10-12-18)16-21-23(27)25-19-7-4-5-8-20(19)29-21/h4-5,7-12,16H,2-3,6,13-15H2,1H3,(H,24,26)(H,25,27)/b21-16+. The Labute approximate surface area is 180 Å². The van der Waals surface area contributed by atoms with Gasteiger partial charge in [-0.3, -0.25) is 9.59 Å². The molecule has 0 aromatic heterocycles. The summed E-state index contributed by atoms with van der Waals surface area (Å²) in [5.41, 5.74) is 2.37. The molecule has 0 aliphatic carbocycles. The molecule has 0 atom stereocenters. The van der Waals surface area contributed by atoms with Crippen molar-refractivity contribution in [3.05, 3.63) is 64.6 Å². The summed E-state index contributed by atoms with van der Waals surface area (Å²) in [7, 11) is 0. The molecule has 0 radical (unpaired) electrons. The average molecular weight is 427 g/mol. The molecule has 29 heavy (non-hydrogen) atoms. The highest BCUT2D eigenvalue weighted by atomic mass is 32.2. The lowest BCUT2D eigenvalue weighted by Gasteiger charge is -2.18. The highest BCUT2D eigenvalue weighted by Gasteiger charge is 2.20. The van der Waals surface area contributed by atoms with Gasteiger partial charge >= 0.3 is 0 Å². The van der Waals surface area contributed by atoms with Crippen molar-refractivity contribution in [2.24, 2.45) is 0 Å². The van der Waals surface area contributed by atoms with Gasteiger partial charge in [0.15, 0.2) is 0 Å². The molecular weight excluding hydrogens is 400 g/mol. The fourth-order valence-electron chi connectivity index (χ4n) is 2.81. The van der Waals surface area contributed by atoms with Crippen LogP contribution in [0.15, 0.2) is 58.3 Å². The van der Waals surface area contributed by atoms with Gasteiger partial charge < -0.3 is 10.6 Å². The molecule has 0 fully saturated rings. The van der Waals surface area contributed by atoms with E-state index in [1.54, 1.807) is 12.1 Å². The maximum absolute atomic E-state index is 12.3. The molecule has 0 bridgehead atoms. The Morgan fingerprint density at radius 1 is 1.10 bits per heavy atom. The number of hydrogen-bond acceptors (Lipinski definition) is 4. The van der Waals surface area contributed by atoms with E-state index in [9.17, 15) is 9.59 Å². The molecule has 1 aliphatic heterocycles. The maximum Gasteiger partial charge on any atom is 0.262 e. The number of unbranched alkanes of at least 4 members (excludes halogenated alkanes) is 1. The first-order valence-corrected chi connectivity index (χ1v) is 11.9. The number of anilines is 1. The third-order valence-corrected chi connectivity index (χ3v) is 6.70. The van der Waals surface area contributed by atoms with Crippen molar-refractivity contribution in [3.63, 3.8) is 0 Å². The summed E-state index contributed by atoms with van der Waals surface area (Å²) in [4.78, 5) is 26.2. The summed E-state index contributed by atoms with van der Waals surface area (Å²) in [5, 5.41) is 5.88. The van der Waals surface area contributed by atoms with Crippen molar-refractivity contribution in [1.29, 1.82) is 0 Å². The maximum atomic E-state index is 12.3. The number of nitrogens with one attached hydrogen (secondary N) is 2. The predicted octanol–water partition coefficient (Wildman–Crippen LogP) is 5.43. The van der Waals surface area contributed by atoms with Crippen molar-refractivity contribution >= 4 is 47.1 Å². The third-order valence-electron chi connectivity index (χ3n) is 4.44. The van der Waals surface area contributed by atoms with Crippen LogP contribution >= 0.6 is 23.5 Å². The lowest BCUT2D eigenvalue weighted by Crippen LogP contribution is -2.24. The number of carbonyl (C=O) groups is 2. The molecule has 2 aromatic rings. The van der Waals surface area contributed by atoms with E-state index in [4.69, 9.17) is 0 Å². The SMILES string of the molecule is CCCCSCCCNC(=O)c1ccc(/C=C2/Sc3ccccc3NC2=O)cc1. The zero-order chi connectivity index (χ0) is 20.5. The molecule has 1 aliphatic rings. The van der Waals surface area contributed by atoms with Gasteiger partial charge in [0.05, 0.1) is 10.6 Å². The number of para-hydroxylation sites is 1. The zero-order valence-corrected chi connectivity index (χ0v) is 18.2. The minimum absolute atomic E-state index is 0.0542. The van der Waals surface area contributed by atoms with Crippen LogP contribution in [0.2, 0.25) is 0 Å². The summed E-state index contributed by atoms with van der Waals surface area (Å²) < 4.78 is 0. The summed E-state index contributed by atoms with van der Waals surface area (Å²) in [6.07, 6.45) is 5.32. The summed E-state index contributed by atoms with van der Waals surface area (Å²) >= 11 is 3.41. The van der Waals surface area contributed by atoms with Gasteiger partial charge in [-0.15, -0.1) is 0 Å². The van der Waals surface area contributed by atoms with Crippen LogP contribution in [0.4, 0.5) is 5.69 Å². The first-order chi connectivity index (χ1) is 14.2. The molecule has 152 valence electrons. The lowest BCUT2D eigenvalue weighted by atomic mass is 10.1. The fourth-order valence-corrected chi connectivity index (χ4v) is 4.81. The van der Waals surface area contributed by atoms with Crippen molar-refractivity contribution in [3.8, 4) is 0 Å². The van der Waals surface area contributed by atoms with Crippen LogP contribution in [0.3, 0.4) is 0 Å². The summed E-state index contributed by atoms with van der Waals surface area (Å²) in [5.74, 6) is 2.12. The van der Waals surface area contributed by atoms with Gasteiger partial charge in [-0.05, 0) is 60.3 Å². The van der Waals surface area contributed by atoms with E-state index in [2.05, 4.69) is 17.6 Å². The Kier molecular flexibility index (Phi) is 8.25. The molecule has 6 heteroatoms. The molecular formula is C23H26N2O2S2. The van der Waals surface area contributed by atoms with Crippen LogP contribution in [0.5, 0.6) is 0 Å². The molecule has 4 nitrogen and oxygen atoms in total. The van der Waals surface area contributed by atoms with Gasteiger partial charge in [-0.25, -0.2) is 0 Å². The molecule has 2 N–H and O–H groups in total. The summed E-state index contributed by atoms with van der Waals surface area (Å²) in [6, 6.07) is 15.1. The topological polar surface area (TPSA) is 58.2 Å². The summed E-state index contributed by atoms with van der Waals surface area (Å²) in [6.45, 7) is 2.89. The molecule has 0 spiro atoms. The molecule has 0 unspecified atom stereocenters. The molecule has 2 aromatic carbocycles. The number of fused-ring (bicyclic) bond motifs is 1. The Balaban J connectivity index is 1.52. The lowest BCUT2D eigenvalue weighted by molar-refractivity contribution is -0.112. The van der Waals surface area contributed by atoms with Crippen LogP contribution in [0.25, 0.3) is 6.08 Å². The minimum atomic E-state index is -0.104. The smallest absolute Gasteiger partial charge is 0.262 e. The van der Waals surface area contributed by atoms with Gasteiger partial charge in [0.25, 0.3) is 11.8 Å². The molecule has 0 saturated heterocycles. The second kappa shape index (κ2) is 11.1. The van der Waals surface area contributed by atoms with E-state index in [0.717, 1.165) is 28.3 Å². The quantitative estimate of drug-likeness (QED) is 0.415. The highest BCUT2D eigenvalue weighted by Crippen LogP contribution is 2.38. The Morgan fingerprint density at radius 3 is 2.66 bits per heavy atom. The highest BCUT2D eigenvalue weighted by molar-refractivity contribution is 8.04. The Bertz CT molecular complexity index is 879. The van der Waals surface area contributed by atoms with Gasteiger partial charge in [0.1, 0.15) is 0 Å². The third kappa shape index (κ3) is 6.41. The predicted molar refractivity (Wildman–Crippen MR) is 125 cm³/mol. The molecule has 2 amide bonds. The minimum Gasteiger partial charge on any atom is -0.352 e. The van der Waals surface area contributed by atoms with Crippen molar-refractivity contribution in [2.75, 3.05) is 23.4 Å². The van der Waals surface area contributed by atoms with Crippen LogP contribution in [-0.2, 0) is 4.79 Å². The second-order valence-corrected chi connectivity index (χ2v) is 9.07. The van der Waals surface area contributed by atoms with E-state index in [1.165, 1.54) is 30.4 Å². The first-order valence-electron chi connectivity index (χ1n) is 9.93. The molecule has 0 saturated carbocycles. The molecule has 1 heterocycles. The number of thioether (sulfide) groups is 2. The zero-order valence-electron chi connectivity index (χ0n) is 16.6. The van der Waals surface area contributed by atoms with Crippen molar-refractivity contribution in [1.82, 2.24) is 5.32 Å². The van der Waals surface area contributed by atoms with Gasteiger partial charge in [0, 0.05) is 17.0 Å². The Morgan fingerprint density at radius 2 is 1.86 bits per heavy atom. The van der Waals surface area contributed by atoms with Crippen LogP contribution < -0.4 is 10.6 Å². The fraction of sp³-hybridized carbons (Fsp3) is 0.304. The number of carbonyl (C=O) groups excluding carboxylic acids is 2. The van der Waals surface area contributed by atoms with Crippen LogP contribution in [0.1, 0.15) is 42.1 Å². The van der Waals surface area contributed by atoms with E-state index in [-0.39, 0.29) is 11.8 Å². The van der Waals surface area contributed by atoms with Gasteiger partial charge in [-0.2, -0.15) is 11.8 Å². The van der Waals surface area contributed by atoms with E-state index in [1.807, 2.05) is 54.2 Å². The van der Waals surface area contributed by atoms with E-state index < -0.39 is 0 Å². The van der Waals surface area contributed by atoms with E-state index in [0.29, 0.717) is 17.0 Å². The number of amides is 2. The van der Waals surface area contributed by atoms with E-state index >= 15 is 0 Å². The largest absolute Gasteiger partial charge is 0.352 e. The van der Waals surface area contributed by atoms with Crippen molar-refractivity contribution in [2.45, 2.75) is 31.1 Å². The van der Waals surface area contributed by atoms with Crippen LogP contribution in [0, 0.1) is 0 Å². The normalized spacial score (nSPS) is 14.4. The average Bonchev–Trinajstić information content (AvgIpc) is 2.74. The van der Waals surface area contributed by atoms with Gasteiger partial charge in [0.2, 0.25) is 0 Å². The number of benzene rings is 2. The molecule has 3 rings (SSSR count). The number of hydrogen-bond donors (Lipinski definition) is 2. The van der Waals surface area contributed by atoms with Crippen molar-refractivity contribution < 1.29 is 9.59 Å². The van der Waals surface area contributed by atoms with Crippen LogP contribution in [-0.4, -0.2) is 29.9 Å².